The maximum absolute atomic E-state index is 13.4. The normalized spacial score (nSPS) is 10.5. The van der Waals surface area contributed by atoms with Gasteiger partial charge in [-0.15, -0.1) is 0 Å². The number of halogens is 2. The molecule has 0 spiro atoms. The van der Waals surface area contributed by atoms with Crippen LogP contribution >= 0.6 is 11.6 Å². The molecular weight excluding hydrogens is 239 g/mol. The van der Waals surface area contributed by atoms with Crippen molar-refractivity contribution in [2.45, 2.75) is 13.1 Å². The average molecular weight is 251 g/mol. The van der Waals surface area contributed by atoms with Crippen molar-refractivity contribution in [1.29, 1.82) is 0 Å². The monoisotopic (exact) mass is 250 g/mol. The number of rotatable bonds is 4. The summed E-state index contributed by atoms with van der Waals surface area (Å²) in [6.45, 7) is 1.07. The summed E-state index contributed by atoms with van der Waals surface area (Å²) in [4.78, 5) is 3.93. The Hall–Kier alpha value is -1.45. The number of hydrogen-bond acceptors (Lipinski definition) is 2. The molecule has 0 aliphatic carbocycles. The van der Waals surface area contributed by atoms with Crippen LogP contribution in [0.2, 0.25) is 5.02 Å². The van der Waals surface area contributed by atoms with E-state index < -0.39 is 0 Å². The van der Waals surface area contributed by atoms with E-state index in [0.717, 1.165) is 5.56 Å². The van der Waals surface area contributed by atoms with Crippen LogP contribution in [-0.4, -0.2) is 4.98 Å². The highest BCUT2D eigenvalue weighted by Gasteiger charge is 2.05. The Bertz CT molecular complexity index is 468. The quantitative estimate of drug-likeness (QED) is 0.902. The summed E-state index contributed by atoms with van der Waals surface area (Å²) in [7, 11) is 0. The van der Waals surface area contributed by atoms with Gasteiger partial charge in [-0.25, -0.2) is 4.39 Å². The van der Waals surface area contributed by atoms with Crippen LogP contribution in [0.1, 0.15) is 11.1 Å². The molecule has 2 nitrogen and oxygen atoms in total. The first-order valence-corrected chi connectivity index (χ1v) is 5.67. The van der Waals surface area contributed by atoms with Crippen molar-refractivity contribution in [2.24, 2.45) is 0 Å². The lowest BCUT2D eigenvalue weighted by molar-refractivity contribution is 0.588. The lowest BCUT2D eigenvalue weighted by Gasteiger charge is -2.07. The number of pyridine rings is 1. The van der Waals surface area contributed by atoms with Gasteiger partial charge in [0.1, 0.15) is 5.82 Å². The van der Waals surface area contributed by atoms with Crippen molar-refractivity contribution in [2.75, 3.05) is 0 Å². The Labute approximate surface area is 104 Å². The van der Waals surface area contributed by atoms with Crippen molar-refractivity contribution in [3.63, 3.8) is 0 Å². The van der Waals surface area contributed by atoms with Gasteiger partial charge in [-0.1, -0.05) is 17.7 Å². The molecule has 4 heteroatoms. The Morgan fingerprint density at radius 1 is 1.12 bits per heavy atom. The van der Waals surface area contributed by atoms with Gasteiger partial charge < -0.3 is 5.32 Å². The Kier molecular flexibility index (Phi) is 4.07. The second-order valence-corrected chi connectivity index (χ2v) is 4.07. The lowest BCUT2D eigenvalue weighted by atomic mass is 10.2. The number of hydrogen-bond donors (Lipinski definition) is 1. The number of nitrogens with zero attached hydrogens (tertiary/aromatic N) is 1. The van der Waals surface area contributed by atoms with E-state index in [-0.39, 0.29) is 5.82 Å². The molecule has 0 amide bonds. The zero-order valence-electron chi connectivity index (χ0n) is 9.16. The molecule has 0 radical (unpaired) electrons. The van der Waals surface area contributed by atoms with Crippen LogP contribution in [0.25, 0.3) is 0 Å². The Balaban J connectivity index is 1.95. The average Bonchev–Trinajstić information content (AvgIpc) is 2.34. The molecule has 1 N–H and O–H groups in total. The standard InChI is InChI=1S/C13H12ClFN2/c14-12-2-1-3-13(15)11(12)9-17-8-10-4-6-16-7-5-10/h1-7,17H,8-9H2. The van der Waals surface area contributed by atoms with E-state index in [1.165, 1.54) is 6.07 Å². The molecule has 1 aromatic heterocycles. The van der Waals surface area contributed by atoms with Crippen molar-refractivity contribution in [3.8, 4) is 0 Å². The van der Waals surface area contributed by atoms with E-state index >= 15 is 0 Å². The zero-order chi connectivity index (χ0) is 12.1. The predicted molar refractivity (Wildman–Crippen MR) is 66.2 cm³/mol. The van der Waals surface area contributed by atoms with Crippen molar-refractivity contribution < 1.29 is 4.39 Å². The molecule has 0 unspecified atom stereocenters. The summed E-state index contributed by atoms with van der Waals surface area (Å²) in [5.41, 5.74) is 1.61. The summed E-state index contributed by atoms with van der Waals surface area (Å²) in [5.74, 6) is -0.278. The molecular formula is C13H12ClFN2. The summed E-state index contributed by atoms with van der Waals surface area (Å²) in [6.07, 6.45) is 3.46. The molecule has 0 bridgehead atoms. The highest BCUT2D eigenvalue weighted by molar-refractivity contribution is 6.31. The smallest absolute Gasteiger partial charge is 0.129 e. The van der Waals surface area contributed by atoms with E-state index in [0.29, 0.717) is 23.7 Å². The van der Waals surface area contributed by atoms with Gasteiger partial charge >= 0.3 is 0 Å². The maximum atomic E-state index is 13.4. The van der Waals surface area contributed by atoms with Gasteiger partial charge in [-0.3, -0.25) is 4.98 Å². The fourth-order valence-electron chi connectivity index (χ4n) is 1.53. The third-order valence-electron chi connectivity index (χ3n) is 2.44. The van der Waals surface area contributed by atoms with Crippen molar-refractivity contribution in [1.82, 2.24) is 10.3 Å². The molecule has 88 valence electrons. The van der Waals surface area contributed by atoms with E-state index in [4.69, 9.17) is 11.6 Å². The third-order valence-corrected chi connectivity index (χ3v) is 2.80. The maximum Gasteiger partial charge on any atom is 0.129 e. The summed E-state index contributed by atoms with van der Waals surface area (Å²) >= 11 is 5.92. The van der Waals surface area contributed by atoms with E-state index in [2.05, 4.69) is 10.3 Å². The van der Waals surface area contributed by atoms with Gasteiger partial charge in [0, 0.05) is 36.1 Å². The summed E-state index contributed by atoms with van der Waals surface area (Å²) in [6, 6.07) is 8.53. The molecule has 0 aliphatic rings. The first-order chi connectivity index (χ1) is 8.27. The molecule has 0 aliphatic heterocycles. The van der Waals surface area contributed by atoms with Crippen LogP contribution in [0.4, 0.5) is 4.39 Å². The first-order valence-electron chi connectivity index (χ1n) is 5.30. The molecule has 1 aromatic carbocycles. The van der Waals surface area contributed by atoms with Crippen LogP contribution < -0.4 is 5.32 Å². The molecule has 0 saturated heterocycles. The fraction of sp³-hybridized carbons (Fsp3) is 0.154. The minimum Gasteiger partial charge on any atom is -0.308 e. The third kappa shape index (κ3) is 3.25. The highest BCUT2D eigenvalue weighted by Crippen LogP contribution is 2.18. The SMILES string of the molecule is Fc1cccc(Cl)c1CNCc1ccncc1. The molecule has 0 atom stereocenters. The Morgan fingerprint density at radius 2 is 1.88 bits per heavy atom. The lowest BCUT2D eigenvalue weighted by Crippen LogP contribution is -2.14. The van der Waals surface area contributed by atoms with Crippen molar-refractivity contribution >= 4 is 11.6 Å². The molecule has 2 rings (SSSR count). The van der Waals surface area contributed by atoms with Gasteiger partial charge in [0.25, 0.3) is 0 Å². The van der Waals surface area contributed by atoms with Crippen LogP contribution in [0.5, 0.6) is 0 Å². The molecule has 0 fully saturated rings. The minimum absolute atomic E-state index is 0.278. The molecule has 1 heterocycles. The number of nitrogens with one attached hydrogen (secondary N) is 1. The molecule has 2 aromatic rings. The number of benzene rings is 1. The minimum atomic E-state index is -0.278. The Morgan fingerprint density at radius 3 is 2.59 bits per heavy atom. The summed E-state index contributed by atoms with van der Waals surface area (Å²) in [5, 5.41) is 3.60. The van der Waals surface area contributed by atoms with Gasteiger partial charge in [-0.05, 0) is 29.8 Å². The van der Waals surface area contributed by atoms with E-state index in [9.17, 15) is 4.39 Å². The topological polar surface area (TPSA) is 24.9 Å². The van der Waals surface area contributed by atoms with Crippen LogP contribution in [0.15, 0.2) is 42.7 Å². The van der Waals surface area contributed by atoms with Gasteiger partial charge in [-0.2, -0.15) is 0 Å². The van der Waals surface area contributed by atoms with Gasteiger partial charge in [0.15, 0.2) is 0 Å². The highest BCUT2D eigenvalue weighted by atomic mass is 35.5. The zero-order valence-corrected chi connectivity index (χ0v) is 9.91. The van der Waals surface area contributed by atoms with Crippen LogP contribution in [-0.2, 0) is 13.1 Å². The largest absolute Gasteiger partial charge is 0.308 e. The summed E-state index contributed by atoms with van der Waals surface area (Å²) < 4.78 is 13.4. The van der Waals surface area contributed by atoms with Gasteiger partial charge in [0.05, 0.1) is 0 Å². The molecule has 17 heavy (non-hydrogen) atoms. The van der Waals surface area contributed by atoms with Crippen molar-refractivity contribution in [3.05, 3.63) is 64.7 Å². The van der Waals surface area contributed by atoms with Gasteiger partial charge in [0.2, 0.25) is 0 Å². The van der Waals surface area contributed by atoms with E-state index in [1.807, 2.05) is 12.1 Å². The number of aromatic nitrogens is 1. The van der Waals surface area contributed by atoms with Crippen LogP contribution in [0.3, 0.4) is 0 Å². The molecule has 0 saturated carbocycles. The second kappa shape index (κ2) is 5.75. The van der Waals surface area contributed by atoms with E-state index in [1.54, 1.807) is 24.5 Å². The fourth-order valence-corrected chi connectivity index (χ4v) is 1.76. The first kappa shape index (κ1) is 12.0. The predicted octanol–water partition coefficient (Wildman–Crippen LogP) is 3.16. The second-order valence-electron chi connectivity index (χ2n) is 3.66. The van der Waals surface area contributed by atoms with Crippen LogP contribution in [0, 0.1) is 5.82 Å².